The van der Waals surface area contributed by atoms with Crippen molar-refractivity contribution in [3.8, 4) is 0 Å². The maximum atomic E-state index is 4.33. The molecule has 0 aromatic carbocycles. The first-order chi connectivity index (χ1) is 8.28. The van der Waals surface area contributed by atoms with Gasteiger partial charge in [0.05, 0.1) is 0 Å². The van der Waals surface area contributed by atoms with Crippen LogP contribution in [0.3, 0.4) is 0 Å². The molecule has 0 amide bonds. The zero-order valence-corrected chi connectivity index (χ0v) is 11.1. The molecule has 1 N–H and O–H groups in total. The van der Waals surface area contributed by atoms with Gasteiger partial charge in [-0.05, 0) is 37.3 Å². The lowest BCUT2D eigenvalue weighted by Crippen LogP contribution is -2.33. The van der Waals surface area contributed by atoms with Crippen LogP contribution in [0.25, 0.3) is 0 Å². The first-order valence-electron chi connectivity index (χ1n) is 6.93. The van der Waals surface area contributed by atoms with Crippen molar-refractivity contribution in [2.45, 2.75) is 58.5 Å². The molecule has 0 spiro atoms. The highest BCUT2D eigenvalue weighted by molar-refractivity contribution is 5.12. The molecular formula is C15H24N2. The first kappa shape index (κ1) is 12.6. The largest absolute Gasteiger partial charge is 0.310 e. The monoisotopic (exact) mass is 232 g/mol. The summed E-state index contributed by atoms with van der Waals surface area (Å²) in [6.45, 7) is 5.31. The smallest absolute Gasteiger partial charge is 0.0372 e. The fourth-order valence-corrected chi connectivity index (χ4v) is 2.71. The van der Waals surface area contributed by atoms with Gasteiger partial charge in [0, 0.05) is 24.5 Å². The molecule has 2 unspecified atom stereocenters. The Balaban J connectivity index is 1.79. The van der Waals surface area contributed by atoms with E-state index in [1.807, 2.05) is 13.1 Å². The van der Waals surface area contributed by atoms with Crippen LogP contribution in [0.4, 0.5) is 0 Å². The lowest BCUT2D eigenvalue weighted by molar-refractivity contribution is 0.278. The van der Waals surface area contributed by atoms with Crippen molar-refractivity contribution in [3.05, 3.63) is 29.6 Å². The summed E-state index contributed by atoms with van der Waals surface area (Å²) in [6, 6.07) is 4.98. The summed E-state index contributed by atoms with van der Waals surface area (Å²) in [5, 5.41) is 3.68. The highest BCUT2D eigenvalue weighted by Gasteiger charge is 2.19. The summed E-state index contributed by atoms with van der Waals surface area (Å²) < 4.78 is 0. The van der Waals surface area contributed by atoms with Crippen molar-refractivity contribution < 1.29 is 0 Å². The third-order valence-electron chi connectivity index (χ3n) is 3.93. The number of nitrogens with zero attached hydrogens (tertiary/aromatic N) is 1. The zero-order valence-electron chi connectivity index (χ0n) is 11.1. The van der Waals surface area contributed by atoms with Gasteiger partial charge in [-0.3, -0.25) is 4.98 Å². The number of nitrogens with one attached hydrogen (secondary N) is 1. The molecule has 94 valence electrons. The SMILES string of the molecule is CCC1CCCC(NCc2ccc(C)nc2)C1. The molecule has 1 aliphatic rings. The Kier molecular flexibility index (Phi) is 4.55. The van der Waals surface area contributed by atoms with E-state index in [1.54, 1.807) is 0 Å². The molecule has 0 bridgehead atoms. The van der Waals surface area contributed by atoms with Crippen LogP contribution in [0, 0.1) is 12.8 Å². The van der Waals surface area contributed by atoms with E-state index in [0.717, 1.165) is 24.2 Å². The van der Waals surface area contributed by atoms with Gasteiger partial charge in [-0.25, -0.2) is 0 Å². The molecule has 2 nitrogen and oxygen atoms in total. The van der Waals surface area contributed by atoms with Gasteiger partial charge in [-0.15, -0.1) is 0 Å². The normalized spacial score (nSPS) is 24.8. The quantitative estimate of drug-likeness (QED) is 0.860. The molecule has 0 radical (unpaired) electrons. The van der Waals surface area contributed by atoms with E-state index in [2.05, 4.69) is 29.4 Å². The molecule has 0 aliphatic heterocycles. The minimum atomic E-state index is 0.718. The van der Waals surface area contributed by atoms with E-state index in [1.165, 1.54) is 37.7 Å². The summed E-state index contributed by atoms with van der Waals surface area (Å²) in [7, 11) is 0. The predicted molar refractivity (Wildman–Crippen MR) is 71.9 cm³/mol. The zero-order chi connectivity index (χ0) is 12.1. The van der Waals surface area contributed by atoms with Crippen LogP contribution in [0.15, 0.2) is 18.3 Å². The summed E-state index contributed by atoms with van der Waals surface area (Å²) in [6.07, 6.45) is 8.85. The fraction of sp³-hybridized carbons (Fsp3) is 0.667. The molecule has 2 rings (SSSR count). The Bertz CT molecular complexity index is 331. The van der Waals surface area contributed by atoms with Gasteiger partial charge < -0.3 is 5.32 Å². The standard InChI is InChI=1S/C15H24N2/c1-3-13-5-4-6-15(9-13)17-11-14-8-7-12(2)16-10-14/h7-8,10,13,15,17H,3-6,9,11H2,1-2H3. The van der Waals surface area contributed by atoms with E-state index in [4.69, 9.17) is 0 Å². The van der Waals surface area contributed by atoms with Crippen molar-refractivity contribution in [2.24, 2.45) is 5.92 Å². The third kappa shape index (κ3) is 3.81. The van der Waals surface area contributed by atoms with Crippen molar-refractivity contribution in [1.29, 1.82) is 0 Å². The molecule has 2 atom stereocenters. The Morgan fingerprint density at radius 2 is 2.24 bits per heavy atom. The third-order valence-corrected chi connectivity index (χ3v) is 3.93. The second-order valence-corrected chi connectivity index (χ2v) is 5.33. The average molecular weight is 232 g/mol. The molecular weight excluding hydrogens is 208 g/mol. The summed E-state index contributed by atoms with van der Waals surface area (Å²) in [5.41, 5.74) is 2.40. The second-order valence-electron chi connectivity index (χ2n) is 5.33. The van der Waals surface area contributed by atoms with E-state index in [9.17, 15) is 0 Å². The van der Waals surface area contributed by atoms with Crippen LogP contribution in [0.5, 0.6) is 0 Å². The van der Waals surface area contributed by atoms with Gasteiger partial charge >= 0.3 is 0 Å². The molecule has 1 aromatic rings. The number of pyridine rings is 1. The highest BCUT2D eigenvalue weighted by atomic mass is 14.9. The minimum absolute atomic E-state index is 0.718. The van der Waals surface area contributed by atoms with Crippen LogP contribution < -0.4 is 5.32 Å². The maximum Gasteiger partial charge on any atom is 0.0372 e. The van der Waals surface area contributed by atoms with Crippen molar-refractivity contribution in [3.63, 3.8) is 0 Å². The Labute approximate surface area is 105 Å². The molecule has 1 fully saturated rings. The molecule has 1 aliphatic carbocycles. The lowest BCUT2D eigenvalue weighted by atomic mass is 9.84. The predicted octanol–water partition coefficient (Wildman–Crippen LogP) is 3.45. The van der Waals surface area contributed by atoms with E-state index in [0.29, 0.717) is 0 Å². The van der Waals surface area contributed by atoms with E-state index < -0.39 is 0 Å². The van der Waals surface area contributed by atoms with Crippen molar-refractivity contribution in [1.82, 2.24) is 10.3 Å². The van der Waals surface area contributed by atoms with Crippen LogP contribution in [0.2, 0.25) is 0 Å². The Hall–Kier alpha value is -0.890. The van der Waals surface area contributed by atoms with Gasteiger partial charge in [-0.2, -0.15) is 0 Å². The average Bonchev–Trinajstić information content (AvgIpc) is 2.38. The second kappa shape index (κ2) is 6.15. The van der Waals surface area contributed by atoms with Crippen LogP contribution >= 0.6 is 0 Å². The van der Waals surface area contributed by atoms with Gasteiger partial charge in [-0.1, -0.05) is 32.3 Å². The van der Waals surface area contributed by atoms with Gasteiger partial charge in [0.15, 0.2) is 0 Å². The lowest BCUT2D eigenvalue weighted by Gasteiger charge is -2.29. The molecule has 17 heavy (non-hydrogen) atoms. The molecule has 1 aromatic heterocycles. The van der Waals surface area contributed by atoms with Crippen LogP contribution in [-0.4, -0.2) is 11.0 Å². The van der Waals surface area contributed by atoms with Gasteiger partial charge in [0.25, 0.3) is 0 Å². The summed E-state index contributed by atoms with van der Waals surface area (Å²) in [5.74, 6) is 0.942. The first-order valence-corrected chi connectivity index (χ1v) is 6.93. The Morgan fingerprint density at radius 3 is 2.94 bits per heavy atom. The van der Waals surface area contributed by atoms with Gasteiger partial charge in [0.2, 0.25) is 0 Å². The van der Waals surface area contributed by atoms with Gasteiger partial charge in [0.1, 0.15) is 0 Å². The molecule has 1 heterocycles. The van der Waals surface area contributed by atoms with Crippen LogP contribution in [0.1, 0.15) is 50.3 Å². The fourth-order valence-electron chi connectivity index (χ4n) is 2.71. The van der Waals surface area contributed by atoms with Crippen LogP contribution in [-0.2, 0) is 6.54 Å². The van der Waals surface area contributed by atoms with E-state index in [-0.39, 0.29) is 0 Å². The number of aryl methyl sites for hydroxylation is 1. The summed E-state index contributed by atoms with van der Waals surface area (Å²) in [4.78, 5) is 4.33. The highest BCUT2D eigenvalue weighted by Crippen LogP contribution is 2.26. The number of hydrogen-bond donors (Lipinski definition) is 1. The van der Waals surface area contributed by atoms with Crippen molar-refractivity contribution >= 4 is 0 Å². The van der Waals surface area contributed by atoms with Crippen molar-refractivity contribution in [2.75, 3.05) is 0 Å². The minimum Gasteiger partial charge on any atom is -0.310 e. The van der Waals surface area contributed by atoms with E-state index >= 15 is 0 Å². The summed E-state index contributed by atoms with van der Waals surface area (Å²) >= 11 is 0. The topological polar surface area (TPSA) is 24.9 Å². The Morgan fingerprint density at radius 1 is 1.35 bits per heavy atom. The molecule has 0 saturated heterocycles. The molecule has 1 saturated carbocycles. The maximum absolute atomic E-state index is 4.33. The number of aromatic nitrogens is 1. The molecule has 2 heteroatoms. The number of rotatable bonds is 4. The number of hydrogen-bond acceptors (Lipinski definition) is 2.